The molecular formula is C18H20N4O4. The summed E-state index contributed by atoms with van der Waals surface area (Å²) < 4.78 is 0. The van der Waals surface area contributed by atoms with Crippen molar-refractivity contribution in [1.82, 2.24) is 0 Å². The summed E-state index contributed by atoms with van der Waals surface area (Å²) in [5.74, 6) is 0.423. The van der Waals surface area contributed by atoms with Crippen LogP contribution in [0.5, 0.6) is 0 Å². The smallest absolute Gasteiger partial charge is 0.271 e. The number of benzene rings is 2. The first-order valence-electron chi connectivity index (χ1n) is 8.19. The number of non-ortho nitro benzene ring substituents is 1. The average molecular weight is 356 g/mol. The molecule has 0 radical (unpaired) electrons. The van der Waals surface area contributed by atoms with Gasteiger partial charge >= 0.3 is 5.69 Å². The Morgan fingerprint density at radius 2 is 1.73 bits per heavy atom. The third kappa shape index (κ3) is 4.41. The highest BCUT2D eigenvalue weighted by Gasteiger charge is 2.19. The van der Waals surface area contributed by atoms with Crippen LogP contribution in [0.15, 0.2) is 47.6 Å². The van der Waals surface area contributed by atoms with Gasteiger partial charge in [-0.1, -0.05) is 45.0 Å². The molecule has 8 nitrogen and oxygen atoms in total. The van der Waals surface area contributed by atoms with E-state index in [4.69, 9.17) is 0 Å². The zero-order valence-corrected chi connectivity index (χ0v) is 14.8. The second-order valence-corrected chi connectivity index (χ2v) is 6.02. The van der Waals surface area contributed by atoms with Crippen LogP contribution < -0.4 is 5.43 Å². The molecule has 0 fully saturated rings. The topological polar surface area (TPSA) is 111 Å². The summed E-state index contributed by atoms with van der Waals surface area (Å²) in [6, 6.07) is 11.4. The van der Waals surface area contributed by atoms with Crippen molar-refractivity contribution in [2.45, 2.75) is 33.1 Å². The fourth-order valence-electron chi connectivity index (χ4n) is 2.42. The lowest BCUT2D eigenvalue weighted by Crippen LogP contribution is -2.05. The lowest BCUT2D eigenvalue weighted by Gasteiger charge is -2.09. The molecule has 8 heteroatoms. The average Bonchev–Trinajstić information content (AvgIpc) is 2.62. The number of hydrogen-bond donors (Lipinski definition) is 1. The third-order valence-corrected chi connectivity index (χ3v) is 3.95. The van der Waals surface area contributed by atoms with E-state index in [9.17, 15) is 20.2 Å². The fourth-order valence-corrected chi connectivity index (χ4v) is 2.42. The molecule has 0 aliphatic rings. The van der Waals surface area contributed by atoms with Gasteiger partial charge in [-0.3, -0.25) is 25.7 Å². The van der Waals surface area contributed by atoms with E-state index in [1.165, 1.54) is 17.7 Å². The fraction of sp³-hybridized carbons (Fsp3) is 0.278. The summed E-state index contributed by atoms with van der Waals surface area (Å²) in [7, 11) is 0. The summed E-state index contributed by atoms with van der Waals surface area (Å²) in [4.78, 5) is 20.6. The lowest BCUT2D eigenvalue weighted by atomic mass is 10.00. The van der Waals surface area contributed by atoms with Crippen molar-refractivity contribution in [3.05, 3.63) is 73.8 Å². The largest absolute Gasteiger partial charge is 0.301 e. The van der Waals surface area contributed by atoms with Crippen molar-refractivity contribution in [2.75, 3.05) is 5.43 Å². The van der Waals surface area contributed by atoms with Crippen LogP contribution >= 0.6 is 0 Å². The molecule has 0 bridgehead atoms. The number of nitrogens with zero attached hydrogens (tertiary/aromatic N) is 3. The van der Waals surface area contributed by atoms with Crippen LogP contribution in [0.3, 0.4) is 0 Å². The van der Waals surface area contributed by atoms with E-state index in [0.29, 0.717) is 12.3 Å². The molecule has 0 aliphatic carbocycles. The van der Waals surface area contributed by atoms with Gasteiger partial charge < -0.3 is 0 Å². The Bertz CT molecular complexity index is 845. The van der Waals surface area contributed by atoms with Gasteiger partial charge in [0.05, 0.1) is 21.6 Å². The van der Waals surface area contributed by atoms with E-state index >= 15 is 0 Å². The molecule has 136 valence electrons. The minimum Gasteiger partial charge on any atom is -0.271 e. The Labute approximate surface area is 150 Å². The number of anilines is 1. The highest BCUT2D eigenvalue weighted by Crippen LogP contribution is 2.29. The molecule has 2 aromatic carbocycles. The Morgan fingerprint density at radius 3 is 2.23 bits per heavy atom. The van der Waals surface area contributed by atoms with Crippen molar-refractivity contribution >= 4 is 22.8 Å². The number of hydrazone groups is 1. The first-order valence-corrected chi connectivity index (χ1v) is 8.19. The van der Waals surface area contributed by atoms with Gasteiger partial charge in [0.1, 0.15) is 5.69 Å². The van der Waals surface area contributed by atoms with Crippen LogP contribution in [0.1, 0.15) is 44.2 Å². The van der Waals surface area contributed by atoms with Crippen LogP contribution in [0, 0.1) is 20.2 Å². The van der Waals surface area contributed by atoms with Crippen molar-refractivity contribution in [3.63, 3.8) is 0 Å². The molecule has 2 rings (SSSR count). The molecule has 1 N–H and O–H groups in total. The lowest BCUT2D eigenvalue weighted by molar-refractivity contribution is -0.393. The standard InChI is InChI=1S/C18H20N4O4/c1-4-16(14-7-5-13(6-8-14)12(2)3)19-20-17-10-9-15(21(23)24)11-18(17)22(25)26/h5-12,20H,4H2,1-3H3/b19-16+. The molecule has 0 spiro atoms. The summed E-state index contributed by atoms with van der Waals surface area (Å²) >= 11 is 0. The summed E-state index contributed by atoms with van der Waals surface area (Å²) in [5.41, 5.74) is 4.89. The van der Waals surface area contributed by atoms with Gasteiger partial charge in [0.25, 0.3) is 5.69 Å². The molecule has 0 heterocycles. The Kier molecular flexibility index (Phi) is 6.00. The van der Waals surface area contributed by atoms with Crippen LogP contribution in [0.4, 0.5) is 17.1 Å². The van der Waals surface area contributed by atoms with E-state index < -0.39 is 15.5 Å². The molecule has 2 aromatic rings. The maximum absolute atomic E-state index is 11.2. The summed E-state index contributed by atoms with van der Waals surface area (Å²) in [6.45, 7) is 6.15. The second-order valence-electron chi connectivity index (χ2n) is 6.02. The predicted octanol–water partition coefficient (Wildman–Crippen LogP) is 4.85. The van der Waals surface area contributed by atoms with E-state index in [-0.39, 0.29) is 11.4 Å². The quantitative estimate of drug-likeness (QED) is 0.433. The Hall–Kier alpha value is -3.29. The van der Waals surface area contributed by atoms with Gasteiger partial charge in [-0.25, -0.2) is 0 Å². The van der Waals surface area contributed by atoms with Crippen LogP contribution in [-0.2, 0) is 0 Å². The Morgan fingerprint density at radius 1 is 1.08 bits per heavy atom. The molecule has 0 saturated carbocycles. The minimum atomic E-state index is -0.673. The molecule has 0 aromatic heterocycles. The van der Waals surface area contributed by atoms with Gasteiger partial charge in [0.15, 0.2) is 0 Å². The highest BCUT2D eigenvalue weighted by molar-refractivity contribution is 6.00. The monoisotopic (exact) mass is 356 g/mol. The van der Waals surface area contributed by atoms with Crippen LogP contribution in [-0.4, -0.2) is 15.6 Å². The van der Waals surface area contributed by atoms with Crippen molar-refractivity contribution in [2.24, 2.45) is 5.10 Å². The van der Waals surface area contributed by atoms with Gasteiger partial charge in [-0.2, -0.15) is 5.10 Å². The summed E-state index contributed by atoms with van der Waals surface area (Å²) in [6.07, 6.45) is 0.620. The number of hydrogen-bond acceptors (Lipinski definition) is 6. The molecule has 26 heavy (non-hydrogen) atoms. The van der Waals surface area contributed by atoms with Crippen molar-refractivity contribution in [3.8, 4) is 0 Å². The van der Waals surface area contributed by atoms with Crippen molar-refractivity contribution < 1.29 is 9.85 Å². The number of nitro groups is 2. The van der Waals surface area contributed by atoms with Crippen LogP contribution in [0.25, 0.3) is 0 Å². The van der Waals surface area contributed by atoms with Gasteiger partial charge in [-0.05, 0) is 29.5 Å². The van der Waals surface area contributed by atoms with Gasteiger partial charge in [0, 0.05) is 6.07 Å². The molecule has 0 amide bonds. The zero-order valence-electron chi connectivity index (χ0n) is 14.8. The maximum Gasteiger partial charge on any atom is 0.301 e. The number of nitro benzene ring substituents is 2. The maximum atomic E-state index is 11.2. The second kappa shape index (κ2) is 8.19. The van der Waals surface area contributed by atoms with Gasteiger partial charge in [0.2, 0.25) is 0 Å². The van der Waals surface area contributed by atoms with Crippen molar-refractivity contribution in [1.29, 1.82) is 0 Å². The highest BCUT2D eigenvalue weighted by atomic mass is 16.6. The van der Waals surface area contributed by atoms with E-state index in [0.717, 1.165) is 17.3 Å². The molecule has 0 aliphatic heterocycles. The normalized spacial score (nSPS) is 11.5. The molecule has 0 atom stereocenters. The third-order valence-electron chi connectivity index (χ3n) is 3.95. The zero-order chi connectivity index (χ0) is 19.3. The molecule has 0 unspecified atom stereocenters. The first kappa shape index (κ1) is 19.0. The van der Waals surface area contributed by atoms with E-state index in [1.54, 1.807) is 0 Å². The molecule has 0 saturated heterocycles. The van der Waals surface area contributed by atoms with Gasteiger partial charge in [-0.15, -0.1) is 0 Å². The van der Waals surface area contributed by atoms with E-state index in [1.807, 2.05) is 31.2 Å². The minimum absolute atomic E-state index is 0.102. The van der Waals surface area contributed by atoms with Crippen LogP contribution in [0.2, 0.25) is 0 Å². The Balaban J connectivity index is 2.31. The summed E-state index contributed by atoms with van der Waals surface area (Å²) in [5, 5.41) is 26.2. The first-order chi connectivity index (χ1) is 12.3. The number of rotatable bonds is 7. The predicted molar refractivity (Wildman–Crippen MR) is 101 cm³/mol. The number of nitrogens with one attached hydrogen (secondary N) is 1. The SMILES string of the molecule is CC/C(=N\Nc1ccc([N+](=O)[O-])cc1[N+](=O)[O-])c1ccc(C(C)C)cc1. The molecular weight excluding hydrogens is 336 g/mol. The van der Waals surface area contributed by atoms with E-state index in [2.05, 4.69) is 24.4 Å².